The van der Waals surface area contributed by atoms with Gasteiger partial charge >= 0.3 is 0 Å². The fraction of sp³-hybridized carbons (Fsp3) is 0.857. The van der Waals surface area contributed by atoms with Crippen LogP contribution in [-0.2, 0) is 0 Å². The molecule has 1 aromatic rings. The third kappa shape index (κ3) is 2.04. The Labute approximate surface area is 126 Å². The van der Waals surface area contributed by atoms with Gasteiger partial charge in [-0.15, -0.1) is 10.2 Å². The molecule has 104 valence electrons. The summed E-state index contributed by atoms with van der Waals surface area (Å²) in [6, 6.07) is 0. The molecule has 4 fully saturated rings. The molecule has 0 aromatic carbocycles. The van der Waals surface area contributed by atoms with E-state index in [-0.39, 0.29) is 5.54 Å². The van der Waals surface area contributed by atoms with Gasteiger partial charge in [0.15, 0.2) is 3.92 Å². The number of rotatable bonds is 2. The van der Waals surface area contributed by atoms with E-state index in [4.69, 9.17) is 0 Å². The van der Waals surface area contributed by atoms with Crippen LogP contribution in [0.25, 0.3) is 0 Å². The molecule has 4 aliphatic rings. The summed E-state index contributed by atoms with van der Waals surface area (Å²) in [7, 11) is 0. The second-order valence-electron chi connectivity index (χ2n) is 7.90. The van der Waals surface area contributed by atoms with E-state index in [1.165, 1.54) is 38.5 Å². The average Bonchev–Trinajstić information content (AvgIpc) is 2.56. The molecule has 2 atom stereocenters. The summed E-state index contributed by atoms with van der Waals surface area (Å²) in [5.41, 5.74) is 1.37. The molecule has 0 saturated heterocycles. The maximum Gasteiger partial charge on any atom is 0.206 e. The van der Waals surface area contributed by atoms with Crippen LogP contribution in [0.2, 0.25) is 0 Å². The largest absolute Gasteiger partial charge is 0.355 e. The van der Waals surface area contributed by atoms with Crippen molar-refractivity contribution in [1.29, 1.82) is 0 Å². The highest BCUT2D eigenvalue weighted by Gasteiger charge is 2.60. The maximum absolute atomic E-state index is 4.25. The van der Waals surface area contributed by atoms with Gasteiger partial charge in [-0.3, -0.25) is 0 Å². The van der Waals surface area contributed by atoms with Crippen LogP contribution in [0.15, 0.2) is 3.92 Å². The topological polar surface area (TPSA) is 37.8 Å². The Morgan fingerprint density at radius 3 is 2.32 bits per heavy atom. The van der Waals surface area contributed by atoms with Gasteiger partial charge in [0, 0.05) is 5.54 Å². The first-order chi connectivity index (χ1) is 8.88. The smallest absolute Gasteiger partial charge is 0.206 e. The minimum Gasteiger partial charge on any atom is -0.355 e. The molecular weight excluding hydrogens is 322 g/mol. The molecule has 0 amide bonds. The summed E-state index contributed by atoms with van der Waals surface area (Å²) in [5.74, 6) is 0.912. The van der Waals surface area contributed by atoms with Gasteiger partial charge in [0.1, 0.15) is 0 Å². The van der Waals surface area contributed by atoms with Gasteiger partial charge in [0.05, 0.1) is 0 Å². The predicted molar refractivity (Wildman–Crippen MR) is 81.4 cm³/mol. The first kappa shape index (κ1) is 12.6. The van der Waals surface area contributed by atoms with Gasteiger partial charge in [0.2, 0.25) is 5.13 Å². The Hall–Kier alpha value is -0.160. The van der Waals surface area contributed by atoms with Crippen molar-refractivity contribution in [1.82, 2.24) is 10.2 Å². The molecule has 1 aromatic heterocycles. The van der Waals surface area contributed by atoms with Crippen molar-refractivity contribution in [3.63, 3.8) is 0 Å². The maximum atomic E-state index is 4.25. The molecule has 2 unspecified atom stereocenters. The van der Waals surface area contributed by atoms with Crippen LogP contribution in [0.4, 0.5) is 5.13 Å². The summed E-state index contributed by atoms with van der Waals surface area (Å²) in [6.45, 7) is 5.00. The standard InChI is InChI=1S/C14H20BrN3S/c1-12-3-9-4-13(2,6-12)8-14(5-9,7-12)16-11-18-17-10(15)19-11/h9H,3-8H2,1-2H3,(H,16,18). The van der Waals surface area contributed by atoms with Crippen LogP contribution in [0, 0.1) is 16.7 Å². The minimum absolute atomic E-state index is 0.280. The molecule has 4 bridgehead atoms. The van der Waals surface area contributed by atoms with Crippen LogP contribution in [0.3, 0.4) is 0 Å². The molecule has 0 spiro atoms. The zero-order valence-corrected chi connectivity index (χ0v) is 13.9. The normalized spacial score (nSPS) is 47.6. The number of nitrogens with one attached hydrogen (secondary N) is 1. The summed E-state index contributed by atoms with van der Waals surface area (Å²) in [5, 5.41) is 13.1. The zero-order valence-electron chi connectivity index (χ0n) is 11.5. The highest BCUT2D eigenvalue weighted by molar-refractivity contribution is 9.11. The van der Waals surface area contributed by atoms with Crippen LogP contribution >= 0.6 is 27.3 Å². The van der Waals surface area contributed by atoms with E-state index in [0.717, 1.165) is 15.0 Å². The lowest BCUT2D eigenvalue weighted by molar-refractivity contribution is -0.0973. The van der Waals surface area contributed by atoms with Crippen molar-refractivity contribution >= 4 is 32.4 Å². The molecule has 0 aliphatic heterocycles. The molecule has 19 heavy (non-hydrogen) atoms. The molecule has 1 heterocycles. The molecule has 4 saturated carbocycles. The Morgan fingerprint density at radius 1 is 1.11 bits per heavy atom. The summed E-state index contributed by atoms with van der Waals surface area (Å²) in [6.07, 6.45) is 8.24. The third-order valence-corrected chi connectivity index (χ3v) is 6.67. The van der Waals surface area contributed by atoms with E-state index < -0.39 is 0 Å². The van der Waals surface area contributed by atoms with Crippen molar-refractivity contribution < 1.29 is 0 Å². The molecule has 5 heteroatoms. The molecule has 5 rings (SSSR count). The van der Waals surface area contributed by atoms with Crippen molar-refractivity contribution in [2.75, 3.05) is 5.32 Å². The van der Waals surface area contributed by atoms with Crippen molar-refractivity contribution in [2.45, 2.75) is 57.9 Å². The van der Waals surface area contributed by atoms with E-state index in [1.54, 1.807) is 11.3 Å². The quantitative estimate of drug-likeness (QED) is 0.862. The SMILES string of the molecule is CC12CC3CC(C)(C1)CC(Nc1nnc(Br)s1)(C3)C2. The van der Waals surface area contributed by atoms with E-state index in [2.05, 4.69) is 45.3 Å². The van der Waals surface area contributed by atoms with Gasteiger partial charge in [-0.2, -0.15) is 0 Å². The van der Waals surface area contributed by atoms with Crippen LogP contribution in [-0.4, -0.2) is 15.7 Å². The predicted octanol–water partition coefficient (Wildman–Crippen LogP) is 4.46. The fourth-order valence-corrected chi connectivity index (χ4v) is 7.20. The number of hydrogen-bond acceptors (Lipinski definition) is 4. The fourth-order valence-electron chi connectivity index (χ4n) is 6.07. The second-order valence-corrected chi connectivity index (χ2v) is 10.1. The van der Waals surface area contributed by atoms with E-state index in [1.807, 2.05) is 0 Å². The number of halogens is 1. The number of aromatic nitrogens is 2. The van der Waals surface area contributed by atoms with E-state index in [9.17, 15) is 0 Å². The average molecular weight is 342 g/mol. The molecule has 1 N–H and O–H groups in total. The lowest BCUT2D eigenvalue weighted by Crippen LogP contribution is -2.61. The van der Waals surface area contributed by atoms with Crippen LogP contribution < -0.4 is 5.32 Å². The number of hydrogen-bond donors (Lipinski definition) is 1. The molecular formula is C14H20BrN3S. The number of anilines is 1. The van der Waals surface area contributed by atoms with Crippen LogP contribution in [0.1, 0.15) is 52.4 Å². The van der Waals surface area contributed by atoms with Gasteiger partial charge < -0.3 is 5.32 Å². The monoisotopic (exact) mass is 341 g/mol. The van der Waals surface area contributed by atoms with Gasteiger partial charge in [-0.1, -0.05) is 25.2 Å². The molecule has 3 nitrogen and oxygen atoms in total. The number of nitrogens with zero attached hydrogens (tertiary/aromatic N) is 2. The third-order valence-electron chi connectivity index (χ3n) is 5.40. The Bertz CT molecular complexity index is 511. The van der Waals surface area contributed by atoms with E-state index in [0.29, 0.717) is 10.8 Å². The van der Waals surface area contributed by atoms with Gasteiger partial charge in [0.25, 0.3) is 0 Å². The Balaban J connectivity index is 1.67. The zero-order chi connectivity index (χ0) is 13.3. The van der Waals surface area contributed by atoms with Gasteiger partial charge in [-0.05, 0) is 71.2 Å². The van der Waals surface area contributed by atoms with E-state index >= 15 is 0 Å². The summed E-state index contributed by atoms with van der Waals surface area (Å²) < 4.78 is 0.872. The second kappa shape index (κ2) is 3.73. The van der Waals surface area contributed by atoms with Crippen molar-refractivity contribution in [3.05, 3.63) is 3.92 Å². The van der Waals surface area contributed by atoms with Crippen molar-refractivity contribution in [3.8, 4) is 0 Å². The van der Waals surface area contributed by atoms with Crippen molar-refractivity contribution in [2.24, 2.45) is 16.7 Å². The van der Waals surface area contributed by atoms with Gasteiger partial charge in [-0.25, -0.2) is 0 Å². The highest BCUT2D eigenvalue weighted by Crippen LogP contribution is 2.66. The molecule has 4 aliphatic carbocycles. The lowest BCUT2D eigenvalue weighted by atomic mass is 9.43. The first-order valence-electron chi connectivity index (χ1n) is 7.15. The Kier molecular flexibility index (Phi) is 2.47. The lowest BCUT2D eigenvalue weighted by Gasteiger charge is -2.65. The first-order valence-corrected chi connectivity index (χ1v) is 8.76. The Morgan fingerprint density at radius 2 is 1.79 bits per heavy atom. The van der Waals surface area contributed by atoms with Crippen LogP contribution in [0.5, 0.6) is 0 Å². The highest BCUT2D eigenvalue weighted by atomic mass is 79.9. The minimum atomic E-state index is 0.280. The summed E-state index contributed by atoms with van der Waals surface area (Å²) >= 11 is 5.03. The molecule has 0 radical (unpaired) electrons. The summed E-state index contributed by atoms with van der Waals surface area (Å²) in [4.78, 5) is 0.